The maximum atomic E-state index is 13.5. The summed E-state index contributed by atoms with van der Waals surface area (Å²) in [5, 5.41) is 2.13. The van der Waals surface area contributed by atoms with Crippen molar-refractivity contribution in [3.63, 3.8) is 0 Å². The van der Waals surface area contributed by atoms with E-state index in [0.29, 0.717) is 32.8 Å². The highest BCUT2D eigenvalue weighted by Gasteiger charge is 2.36. The summed E-state index contributed by atoms with van der Waals surface area (Å²) in [6, 6.07) is 13.1. The lowest BCUT2D eigenvalue weighted by Crippen LogP contribution is -2.54. The molecule has 0 atom stereocenters. The molecule has 3 aromatic carbocycles. The van der Waals surface area contributed by atoms with Crippen LogP contribution in [0.2, 0.25) is 0 Å². The Balaban J connectivity index is 1.65. The number of benzene rings is 3. The van der Waals surface area contributed by atoms with Crippen LogP contribution in [0.15, 0.2) is 66.2 Å². The van der Waals surface area contributed by atoms with Crippen LogP contribution < -0.4 is 19.7 Å². The van der Waals surface area contributed by atoms with Crippen LogP contribution in [-0.4, -0.2) is 24.5 Å². The third-order valence-corrected chi connectivity index (χ3v) is 5.90. The van der Waals surface area contributed by atoms with Crippen LogP contribution in [0.3, 0.4) is 0 Å². The van der Waals surface area contributed by atoms with Gasteiger partial charge in [0.2, 0.25) is 0 Å². The van der Waals surface area contributed by atoms with E-state index in [1.54, 1.807) is 31.2 Å². The van der Waals surface area contributed by atoms with Crippen molar-refractivity contribution < 1.29 is 32.6 Å². The molecule has 0 aliphatic carbocycles. The summed E-state index contributed by atoms with van der Waals surface area (Å²) in [4.78, 5) is 38.7. The van der Waals surface area contributed by atoms with Crippen LogP contribution in [0.25, 0.3) is 6.08 Å². The van der Waals surface area contributed by atoms with Gasteiger partial charge < -0.3 is 9.47 Å². The first kappa shape index (κ1) is 25.3. The van der Waals surface area contributed by atoms with Crippen molar-refractivity contribution in [2.75, 3.05) is 11.5 Å². The lowest BCUT2D eigenvalue weighted by atomic mass is 10.1. The van der Waals surface area contributed by atoms with Crippen molar-refractivity contribution in [3.8, 4) is 11.5 Å². The topological polar surface area (TPSA) is 84.9 Å². The number of rotatable bonds is 7. The van der Waals surface area contributed by atoms with Gasteiger partial charge in [0.25, 0.3) is 11.8 Å². The molecular weight excluding hydrogens is 585 g/mol. The fourth-order valence-corrected chi connectivity index (χ4v) is 4.29. The fraction of sp³-hybridized carbons (Fsp3) is 0.115. The van der Waals surface area contributed by atoms with Crippen molar-refractivity contribution in [1.82, 2.24) is 5.32 Å². The second-order valence-corrected chi connectivity index (χ2v) is 8.78. The Labute approximate surface area is 218 Å². The number of carbonyl (C=O) groups excluding carboxylic acids is 3. The van der Waals surface area contributed by atoms with Crippen LogP contribution in [0, 0.1) is 15.2 Å². The Morgan fingerprint density at radius 1 is 0.972 bits per heavy atom. The maximum absolute atomic E-state index is 13.5. The second-order valence-electron chi connectivity index (χ2n) is 7.62. The molecule has 1 N–H and O–H groups in total. The van der Waals surface area contributed by atoms with Gasteiger partial charge in [-0.15, -0.1) is 0 Å². The number of nitrogens with one attached hydrogen (secondary N) is 1. The van der Waals surface area contributed by atoms with Gasteiger partial charge in [0.05, 0.1) is 15.9 Å². The SMILES string of the molecule is CCOc1cc(/C=C2\C(=O)NC(=O)N(c3ccc(F)cc3)C2=O)cc(I)c1OCc1cccc(F)c1. The van der Waals surface area contributed by atoms with Crippen molar-refractivity contribution >= 4 is 52.2 Å². The number of ether oxygens (including phenoxy) is 2. The molecular formula is C26H19F2IN2O5. The Kier molecular flexibility index (Phi) is 7.63. The highest BCUT2D eigenvalue weighted by molar-refractivity contribution is 14.1. The number of barbiturate groups is 1. The zero-order valence-corrected chi connectivity index (χ0v) is 21.0. The van der Waals surface area contributed by atoms with Gasteiger partial charge in [-0.25, -0.2) is 18.5 Å². The number of nitrogens with zero attached hydrogens (tertiary/aromatic N) is 1. The van der Waals surface area contributed by atoms with Gasteiger partial charge >= 0.3 is 6.03 Å². The zero-order chi connectivity index (χ0) is 25.8. The molecule has 1 aliphatic rings. The van der Waals surface area contributed by atoms with Gasteiger partial charge in [0.15, 0.2) is 11.5 Å². The minimum Gasteiger partial charge on any atom is -0.490 e. The first-order valence-corrected chi connectivity index (χ1v) is 11.8. The van der Waals surface area contributed by atoms with Gasteiger partial charge in [-0.1, -0.05) is 12.1 Å². The van der Waals surface area contributed by atoms with Gasteiger partial charge in [-0.3, -0.25) is 14.9 Å². The number of hydrogen-bond donors (Lipinski definition) is 1. The van der Waals surface area contributed by atoms with Gasteiger partial charge in [-0.05, 0) is 95.2 Å². The summed E-state index contributed by atoms with van der Waals surface area (Å²) in [6.07, 6.45) is 1.33. The molecule has 0 unspecified atom stereocenters. The molecule has 10 heteroatoms. The molecule has 1 fully saturated rings. The molecule has 0 aromatic heterocycles. The molecule has 0 spiro atoms. The largest absolute Gasteiger partial charge is 0.490 e. The van der Waals surface area contributed by atoms with E-state index >= 15 is 0 Å². The van der Waals surface area contributed by atoms with E-state index in [1.165, 1.54) is 30.3 Å². The van der Waals surface area contributed by atoms with Gasteiger partial charge in [-0.2, -0.15) is 0 Å². The molecule has 1 saturated heterocycles. The predicted octanol–water partition coefficient (Wildman–Crippen LogP) is 5.21. The second kappa shape index (κ2) is 10.9. The third kappa shape index (κ3) is 5.54. The molecule has 4 rings (SSSR count). The number of hydrogen-bond acceptors (Lipinski definition) is 5. The highest BCUT2D eigenvalue weighted by Crippen LogP contribution is 2.36. The lowest BCUT2D eigenvalue weighted by molar-refractivity contribution is -0.122. The number of halogens is 3. The summed E-state index contributed by atoms with van der Waals surface area (Å²) >= 11 is 2.03. The molecule has 1 heterocycles. The summed E-state index contributed by atoms with van der Waals surface area (Å²) in [5.41, 5.74) is 0.913. The minimum absolute atomic E-state index is 0.101. The average Bonchev–Trinajstić information content (AvgIpc) is 2.82. The first-order chi connectivity index (χ1) is 17.3. The van der Waals surface area contributed by atoms with Crippen LogP contribution in [0.1, 0.15) is 18.1 Å². The molecule has 1 aliphatic heterocycles. The van der Waals surface area contributed by atoms with E-state index in [9.17, 15) is 23.2 Å². The fourth-order valence-electron chi connectivity index (χ4n) is 3.51. The predicted molar refractivity (Wildman–Crippen MR) is 136 cm³/mol. The standard InChI is InChI=1S/C26H19F2IN2O5/c1-2-35-22-13-16(12-21(29)23(22)36-14-15-4-3-5-18(28)10-15)11-20-24(32)30-26(34)31(25(20)33)19-8-6-17(27)7-9-19/h3-13H,2,14H2,1H3,(H,30,32,34)/b20-11+. The molecule has 0 radical (unpaired) electrons. The highest BCUT2D eigenvalue weighted by atomic mass is 127. The summed E-state index contributed by atoms with van der Waals surface area (Å²) < 4.78 is 39.0. The first-order valence-electron chi connectivity index (χ1n) is 10.8. The van der Waals surface area contributed by atoms with E-state index < -0.39 is 23.7 Å². The summed E-state index contributed by atoms with van der Waals surface area (Å²) in [5.74, 6) is -1.83. The van der Waals surface area contributed by atoms with Crippen molar-refractivity contribution in [2.24, 2.45) is 0 Å². The van der Waals surface area contributed by atoms with E-state index in [0.717, 1.165) is 17.0 Å². The molecule has 7 nitrogen and oxygen atoms in total. The Morgan fingerprint density at radius 3 is 2.42 bits per heavy atom. The number of imide groups is 2. The van der Waals surface area contributed by atoms with E-state index in [4.69, 9.17) is 9.47 Å². The minimum atomic E-state index is -0.931. The molecule has 3 aromatic rings. The summed E-state index contributed by atoms with van der Waals surface area (Å²) in [7, 11) is 0. The number of carbonyl (C=O) groups is 3. The maximum Gasteiger partial charge on any atom is 0.335 e. The van der Waals surface area contributed by atoms with E-state index in [-0.39, 0.29) is 23.7 Å². The van der Waals surface area contributed by atoms with E-state index in [2.05, 4.69) is 5.32 Å². The van der Waals surface area contributed by atoms with Crippen LogP contribution in [0.4, 0.5) is 19.3 Å². The number of urea groups is 1. The summed E-state index contributed by atoms with van der Waals surface area (Å²) in [6.45, 7) is 2.21. The molecule has 0 bridgehead atoms. The van der Waals surface area contributed by atoms with E-state index in [1.807, 2.05) is 22.6 Å². The third-order valence-electron chi connectivity index (χ3n) is 5.10. The van der Waals surface area contributed by atoms with Crippen LogP contribution in [0.5, 0.6) is 11.5 Å². The van der Waals surface area contributed by atoms with Crippen LogP contribution in [-0.2, 0) is 16.2 Å². The normalized spacial score (nSPS) is 14.7. The number of anilines is 1. The Hall–Kier alpha value is -3.80. The molecule has 0 saturated carbocycles. The molecule has 36 heavy (non-hydrogen) atoms. The molecule has 184 valence electrons. The van der Waals surface area contributed by atoms with Gasteiger partial charge in [0.1, 0.15) is 23.8 Å². The smallest absolute Gasteiger partial charge is 0.335 e. The van der Waals surface area contributed by atoms with Gasteiger partial charge in [0, 0.05) is 0 Å². The monoisotopic (exact) mass is 604 g/mol. The van der Waals surface area contributed by atoms with Crippen molar-refractivity contribution in [1.29, 1.82) is 0 Å². The average molecular weight is 604 g/mol. The Bertz CT molecular complexity index is 1380. The lowest BCUT2D eigenvalue weighted by Gasteiger charge is -2.26. The van der Waals surface area contributed by atoms with Crippen molar-refractivity contribution in [3.05, 3.63) is 92.6 Å². The number of amides is 4. The van der Waals surface area contributed by atoms with Crippen molar-refractivity contribution in [2.45, 2.75) is 13.5 Å². The quantitative estimate of drug-likeness (QED) is 0.228. The molecule has 4 amide bonds. The zero-order valence-electron chi connectivity index (χ0n) is 18.9. The Morgan fingerprint density at radius 2 is 1.72 bits per heavy atom. The van der Waals surface area contributed by atoms with Crippen LogP contribution >= 0.6 is 22.6 Å².